The molecule has 0 unspecified atom stereocenters. The van der Waals surface area contributed by atoms with Crippen molar-refractivity contribution in [3.63, 3.8) is 0 Å². The van der Waals surface area contributed by atoms with Crippen molar-refractivity contribution in [3.05, 3.63) is 82.8 Å². The van der Waals surface area contributed by atoms with Crippen LogP contribution in [-0.2, 0) is 4.79 Å². The number of hydrogen-bond donors (Lipinski definition) is 1. The first-order chi connectivity index (χ1) is 19.0. The van der Waals surface area contributed by atoms with Gasteiger partial charge in [-0.2, -0.15) is 0 Å². The third-order valence-electron chi connectivity index (χ3n) is 6.22. The third kappa shape index (κ3) is 6.79. The minimum Gasteiger partial charge on any atom is -0.497 e. The van der Waals surface area contributed by atoms with Crippen molar-refractivity contribution >= 4 is 50.9 Å². The zero-order chi connectivity index (χ0) is 27.2. The number of aromatic nitrogens is 2. The van der Waals surface area contributed by atoms with E-state index >= 15 is 0 Å². The van der Waals surface area contributed by atoms with E-state index in [0.717, 1.165) is 28.8 Å². The lowest BCUT2D eigenvalue weighted by Crippen LogP contribution is -2.48. The predicted octanol–water partition coefficient (Wildman–Crippen LogP) is 5.20. The highest BCUT2D eigenvalue weighted by Gasteiger charge is 2.22. The highest BCUT2D eigenvalue weighted by Crippen LogP contribution is 2.26. The number of piperazine rings is 1. The van der Waals surface area contributed by atoms with Crippen molar-refractivity contribution in [1.82, 2.24) is 15.1 Å². The van der Waals surface area contributed by atoms with Gasteiger partial charge in [0.2, 0.25) is 11.8 Å². The van der Waals surface area contributed by atoms with Crippen molar-refractivity contribution in [1.29, 1.82) is 0 Å². The summed E-state index contributed by atoms with van der Waals surface area (Å²) in [6.45, 7) is 2.79. The normalized spacial score (nSPS) is 13.3. The van der Waals surface area contributed by atoms with E-state index in [1.807, 2.05) is 77.7 Å². The molecule has 0 spiro atoms. The molecule has 9 nitrogen and oxygen atoms in total. The van der Waals surface area contributed by atoms with Gasteiger partial charge in [-0.3, -0.25) is 9.59 Å². The standard InChI is InChI=1S/C28H26BrN5O4S/c1-37-24-4-2-3-20(17-24)26-31-32-28(38-26)39-18-25(35)30-22-9-11-23(12-10-22)33-13-15-34(16-14-33)27(36)19-5-7-21(29)8-6-19/h2-12,17H,13-16,18H2,1H3,(H,30,35). The molecule has 2 amide bonds. The molecule has 1 aliphatic rings. The van der Waals surface area contributed by atoms with E-state index in [0.29, 0.717) is 41.2 Å². The Balaban J connectivity index is 1.08. The number of thioether (sulfide) groups is 1. The Hall–Kier alpha value is -3.83. The Morgan fingerprint density at radius 3 is 2.46 bits per heavy atom. The summed E-state index contributed by atoms with van der Waals surface area (Å²) in [6.07, 6.45) is 0. The first-order valence-corrected chi connectivity index (χ1v) is 14.1. The van der Waals surface area contributed by atoms with Crippen LogP contribution in [0.2, 0.25) is 0 Å². The SMILES string of the molecule is COc1cccc(-c2nnc(SCC(=O)Nc3ccc(N4CCN(C(=O)c5ccc(Br)cc5)CC4)cc3)o2)c1. The smallest absolute Gasteiger partial charge is 0.277 e. The van der Waals surface area contributed by atoms with Gasteiger partial charge in [0.05, 0.1) is 12.9 Å². The van der Waals surface area contributed by atoms with Gasteiger partial charge in [0.15, 0.2) is 0 Å². The van der Waals surface area contributed by atoms with E-state index in [4.69, 9.17) is 9.15 Å². The molecule has 0 atom stereocenters. The van der Waals surface area contributed by atoms with Gasteiger partial charge in [-0.15, -0.1) is 10.2 Å². The van der Waals surface area contributed by atoms with Crippen LogP contribution in [0.5, 0.6) is 5.75 Å². The number of benzene rings is 3. The second kappa shape index (κ2) is 12.4. The number of nitrogens with zero attached hydrogens (tertiary/aromatic N) is 4. The summed E-state index contributed by atoms with van der Waals surface area (Å²) in [5.74, 6) is 1.07. The lowest BCUT2D eigenvalue weighted by molar-refractivity contribution is -0.113. The molecule has 200 valence electrons. The number of anilines is 2. The molecule has 4 aromatic rings. The maximum absolute atomic E-state index is 12.8. The van der Waals surface area contributed by atoms with Crippen molar-refractivity contribution in [2.45, 2.75) is 5.22 Å². The Labute approximate surface area is 238 Å². The van der Waals surface area contributed by atoms with Crippen LogP contribution >= 0.6 is 27.7 Å². The Morgan fingerprint density at radius 2 is 1.74 bits per heavy atom. The number of carbonyl (C=O) groups is 2. The first-order valence-electron chi connectivity index (χ1n) is 12.3. The van der Waals surface area contributed by atoms with Crippen LogP contribution in [0.15, 0.2) is 86.9 Å². The zero-order valence-electron chi connectivity index (χ0n) is 21.2. The molecule has 2 heterocycles. The number of ether oxygens (including phenoxy) is 1. The molecule has 1 saturated heterocycles. The molecule has 1 aromatic heterocycles. The summed E-state index contributed by atoms with van der Waals surface area (Å²) in [4.78, 5) is 29.4. The van der Waals surface area contributed by atoms with E-state index in [2.05, 4.69) is 36.3 Å². The van der Waals surface area contributed by atoms with Crippen LogP contribution in [0, 0.1) is 0 Å². The lowest BCUT2D eigenvalue weighted by atomic mass is 10.1. The molecule has 11 heteroatoms. The average Bonchev–Trinajstić information content (AvgIpc) is 3.46. The minimum atomic E-state index is -0.172. The van der Waals surface area contributed by atoms with E-state index in [9.17, 15) is 9.59 Å². The maximum Gasteiger partial charge on any atom is 0.277 e. The summed E-state index contributed by atoms with van der Waals surface area (Å²) < 4.78 is 11.9. The fourth-order valence-corrected chi connectivity index (χ4v) is 4.99. The highest BCUT2D eigenvalue weighted by atomic mass is 79.9. The zero-order valence-corrected chi connectivity index (χ0v) is 23.6. The van der Waals surface area contributed by atoms with Gasteiger partial charge in [0.1, 0.15) is 5.75 Å². The van der Waals surface area contributed by atoms with E-state index < -0.39 is 0 Å². The molecular weight excluding hydrogens is 582 g/mol. The number of amides is 2. The molecule has 1 aliphatic heterocycles. The molecule has 1 fully saturated rings. The molecule has 5 rings (SSSR count). The fourth-order valence-electron chi connectivity index (χ4n) is 4.16. The molecule has 0 radical (unpaired) electrons. The van der Waals surface area contributed by atoms with Crippen LogP contribution in [0.3, 0.4) is 0 Å². The highest BCUT2D eigenvalue weighted by molar-refractivity contribution is 9.10. The van der Waals surface area contributed by atoms with Crippen molar-refractivity contribution in [3.8, 4) is 17.2 Å². The van der Waals surface area contributed by atoms with Crippen molar-refractivity contribution in [2.75, 3.05) is 49.3 Å². The first kappa shape index (κ1) is 26.8. The van der Waals surface area contributed by atoms with Crippen LogP contribution < -0.4 is 15.0 Å². The molecule has 0 bridgehead atoms. The van der Waals surface area contributed by atoms with Crippen LogP contribution in [0.1, 0.15) is 10.4 Å². The number of hydrogen-bond acceptors (Lipinski definition) is 8. The molecule has 0 saturated carbocycles. The van der Waals surface area contributed by atoms with E-state index in [-0.39, 0.29) is 17.6 Å². The molecule has 3 aromatic carbocycles. The van der Waals surface area contributed by atoms with Crippen LogP contribution in [-0.4, -0.2) is 66.0 Å². The van der Waals surface area contributed by atoms with Crippen molar-refractivity contribution < 1.29 is 18.7 Å². The number of nitrogens with one attached hydrogen (secondary N) is 1. The fraction of sp³-hybridized carbons (Fsp3) is 0.214. The van der Waals surface area contributed by atoms with Gasteiger partial charge in [-0.25, -0.2) is 0 Å². The number of methoxy groups -OCH3 is 1. The van der Waals surface area contributed by atoms with E-state index in [1.54, 1.807) is 7.11 Å². The number of carbonyl (C=O) groups excluding carboxylic acids is 2. The van der Waals surface area contributed by atoms with Gasteiger partial charge in [-0.1, -0.05) is 33.8 Å². The number of rotatable bonds is 8. The molecule has 39 heavy (non-hydrogen) atoms. The third-order valence-corrected chi connectivity index (χ3v) is 7.57. The molecule has 1 N–H and O–H groups in total. The van der Waals surface area contributed by atoms with Gasteiger partial charge < -0.3 is 24.3 Å². The monoisotopic (exact) mass is 607 g/mol. The van der Waals surface area contributed by atoms with Crippen LogP contribution in [0.4, 0.5) is 11.4 Å². The maximum atomic E-state index is 12.8. The van der Waals surface area contributed by atoms with Gasteiger partial charge in [0.25, 0.3) is 11.1 Å². The van der Waals surface area contributed by atoms with E-state index in [1.165, 1.54) is 11.8 Å². The molecular formula is C28H26BrN5O4S. The summed E-state index contributed by atoms with van der Waals surface area (Å²) in [6, 6.07) is 22.5. The van der Waals surface area contributed by atoms with Crippen molar-refractivity contribution in [2.24, 2.45) is 0 Å². The Bertz CT molecular complexity index is 1440. The summed E-state index contributed by atoms with van der Waals surface area (Å²) in [5.41, 5.74) is 3.20. The predicted molar refractivity (Wildman–Crippen MR) is 154 cm³/mol. The van der Waals surface area contributed by atoms with Gasteiger partial charge >= 0.3 is 0 Å². The lowest BCUT2D eigenvalue weighted by Gasteiger charge is -2.36. The molecule has 0 aliphatic carbocycles. The second-order valence-electron chi connectivity index (χ2n) is 8.77. The second-order valence-corrected chi connectivity index (χ2v) is 10.6. The summed E-state index contributed by atoms with van der Waals surface area (Å²) in [7, 11) is 1.59. The minimum absolute atomic E-state index is 0.0510. The van der Waals surface area contributed by atoms with Gasteiger partial charge in [0, 0.05) is 53.2 Å². The Morgan fingerprint density at radius 1 is 1.00 bits per heavy atom. The van der Waals surface area contributed by atoms with Crippen LogP contribution in [0.25, 0.3) is 11.5 Å². The largest absolute Gasteiger partial charge is 0.497 e. The Kier molecular flexibility index (Phi) is 8.48. The topological polar surface area (TPSA) is 101 Å². The summed E-state index contributed by atoms with van der Waals surface area (Å²) >= 11 is 4.58. The number of halogens is 1. The average molecular weight is 609 g/mol. The quantitative estimate of drug-likeness (QED) is 0.273. The van der Waals surface area contributed by atoms with Gasteiger partial charge in [-0.05, 0) is 66.7 Å². The summed E-state index contributed by atoms with van der Waals surface area (Å²) in [5, 5.41) is 11.3.